The van der Waals surface area contributed by atoms with Crippen LogP contribution in [-0.2, 0) is 11.2 Å². The van der Waals surface area contributed by atoms with Gasteiger partial charge in [-0.15, -0.1) is 0 Å². The summed E-state index contributed by atoms with van der Waals surface area (Å²) in [6.07, 6.45) is 6.83. The fraction of sp³-hybridized carbons (Fsp3) is 0.333. The quantitative estimate of drug-likeness (QED) is 0.650. The second-order valence-corrected chi connectivity index (χ2v) is 8.12. The minimum atomic E-state index is -0.523. The number of amides is 1. The lowest BCUT2D eigenvalue weighted by molar-refractivity contribution is -0.138. The number of nitrogens with zero attached hydrogens (tertiary/aromatic N) is 2. The van der Waals surface area contributed by atoms with E-state index in [2.05, 4.69) is 9.97 Å². The van der Waals surface area contributed by atoms with Crippen LogP contribution in [0.5, 0.6) is 5.75 Å². The molecule has 7 heteroatoms. The molecule has 3 aromatic rings. The predicted octanol–water partition coefficient (Wildman–Crippen LogP) is 4.85. The standard InChI is InChI=1S/C21H19Cl2N3O2/c22-15-10-12-11-16(21(27)26-8-2-1-3-9-26)28-19(12)17(18(15)23)13-4-6-24-20-14(13)5-7-25-20/h4-7,10,16H,1-3,8-9,11H2,(H,24,25). The summed E-state index contributed by atoms with van der Waals surface area (Å²) in [4.78, 5) is 22.4. The average Bonchev–Trinajstić information content (AvgIpc) is 3.36. The maximum Gasteiger partial charge on any atom is 0.263 e. The molecule has 1 saturated heterocycles. The molecule has 1 unspecified atom stereocenters. The first kappa shape index (κ1) is 17.8. The third-order valence-electron chi connectivity index (χ3n) is 5.59. The molecule has 5 nitrogen and oxygen atoms in total. The number of carbonyl (C=O) groups is 1. The zero-order valence-electron chi connectivity index (χ0n) is 15.2. The lowest BCUT2D eigenvalue weighted by Crippen LogP contribution is -2.43. The molecule has 1 N–H and O–H groups in total. The Hall–Kier alpha value is -2.24. The molecule has 2 aliphatic rings. The van der Waals surface area contributed by atoms with E-state index in [0.717, 1.165) is 53.7 Å². The van der Waals surface area contributed by atoms with Crippen molar-refractivity contribution in [1.29, 1.82) is 0 Å². The molecule has 0 radical (unpaired) electrons. The van der Waals surface area contributed by atoms with E-state index in [4.69, 9.17) is 27.9 Å². The van der Waals surface area contributed by atoms with Crippen LogP contribution in [0.3, 0.4) is 0 Å². The van der Waals surface area contributed by atoms with Crippen LogP contribution in [0.1, 0.15) is 24.8 Å². The molecule has 28 heavy (non-hydrogen) atoms. The maximum atomic E-state index is 13.0. The Morgan fingerprint density at radius 1 is 1.21 bits per heavy atom. The summed E-state index contributed by atoms with van der Waals surface area (Å²) < 4.78 is 6.20. The van der Waals surface area contributed by atoms with Crippen LogP contribution in [0.25, 0.3) is 22.2 Å². The van der Waals surface area contributed by atoms with Crippen molar-refractivity contribution in [1.82, 2.24) is 14.9 Å². The Morgan fingerprint density at radius 2 is 2.04 bits per heavy atom. The minimum absolute atomic E-state index is 0.0515. The van der Waals surface area contributed by atoms with E-state index >= 15 is 0 Å². The van der Waals surface area contributed by atoms with Crippen molar-refractivity contribution in [2.45, 2.75) is 31.8 Å². The van der Waals surface area contributed by atoms with Gasteiger partial charge in [0.25, 0.3) is 5.91 Å². The Morgan fingerprint density at radius 3 is 2.86 bits per heavy atom. The molecule has 1 aromatic carbocycles. The number of ether oxygens (including phenoxy) is 1. The second kappa shape index (κ2) is 6.98. The summed E-state index contributed by atoms with van der Waals surface area (Å²) >= 11 is 13.1. The van der Waals surface area contributed by atoms with Crippen LogP contribution >= 0.6 is 23.2 Å². The van der Waals surface area contributed by atoms with E-state index in [1.807, 2.05) is 29.3 Å². The van der Waals surface area contributed by atoms with E-state index in [0.29, 0.717) is 22.2 Å². The SMILES string of the molecule is O=C(C1Cc2cc(Cl)c(Cl)c(-c3ccnc4[nH]ccc34)c2O1)N1CCCCC1. The van der Waals surface area contributed by atoms with Gasteiger partial charge in [-0.3, -0.25) is 4.79 Å². The number of benzene rings is 1. The Bertz CT molecular complexity index is 1070. The highest BCUT2D eigenvalue weighted by molar-refractivity contribution is 6.44. The third kappa shape index (κ3) is 2.85. The molecule has 0 saturated carbocycles. The van der Waals surface area contributed by atoms with Gasteiger partial charge in [-0.05, 0) is 43.0 Å². The number of H-pyrrole nitrogens is 1. The highest BCUT2D eigenvalue weighted by Gasteiger charge is 2.36. The van der Waals surface area contributed by atoms with Gasteiger partial charge in [0, 0.05) is 48.4 Å². The number of aromatic nitrogens is 2. The van der Waals surface area contributed by atoms with Crippen LogP contribution < -0.4 is 4.74 Å². The van der Waals surface area contributed by atoms with Crippen molar-refractivity contribution in [3.05, 3.63) is 46.2 Å². The zero-order chi connectivity index (χ0) is 19.3. The van der Waals surface area contributed by atoms with Gasteiger partial charge >= 0.3 is 0 Å². The smallest absolute Gasteiger partial charge is 0.263 e. The van der Waals surface area contributed by atoms with Crippen LogP contribution in [0, 0.1) is 0 Å². The predicted molar refractivity (Wildman–Crippen MR) is 110 cm³/mol. The van der Waals surface area contributed by atoms with Gasteiger partial charge in [0.2, 0.25) is 0 Å². The van der Waals surface area contributed by atoms with Crippen molar-refractivity contribution in [2.24, 2.45) is 0 Å². The number of carbonyl (C=O) groups excluding carboxylic acids is 1. The van der Waals surface area contributed by atoms with Crippen molar-refractivity contribution in [3.8, 4) is 16.9 Å². The van der Waals surface area contributed by atoms with Crippen molar-refractivity contribution >= 4 is 40.1 Å². The van der Waals surface area contributed by atoms with Gasteiger partial charge in [0.15, 0.2) is 6.10 Å². The molecule has 1 fully saturated rings. The lowest BCUT2D eigenvalue weighted by Gasteiger charge is -2.28. The highest BCUT2D eigenvalue weighted by atomic mass is 35.5. The van der Waals surface area contributed by atoms with Gasteiger partial charge in [-0.2, -0.15) is 0 Å². The summed E-state index contributed by atoms with van der Waals surface area (Å²) in [7, 11) is 0. The van der Waals surface area contributed by atoms with E-state index in [1.165, 1.54) is 6.42 Å². The number of likely N-dealkylation sites (tertiary alicyclic amines) is 1. The first-order valence-corrected chi connectivity index (χ1v) is 10.3. The molecule has 0 aliphatic carbocycles. The van der Waals surface area contributed by atoms with Gasteiger partial charge in [-0.1, -0.05) is 23.2 Å². The normalized spacial score (nSPS) is 18.9. The fourth-order valence-electron chi connectivity index (χ4n) is 4.21. The number of rotatable bonds is 2. The van der Waals surface area contributed by atoms with Crippen LogP contribution in [0.2, 0.25) is 10.0 Å². The van der Waals surface area contributed by atoms with Crippen molar-refractivity contribution in [3.63, 3.8) is 0 Å². The second-order valence-electron chi connectivity index (χ2n) is 7.33. The molecule has 2 aliphatic heterocycles. The minimum Gasteiger partial charge on any atom is -0.479 e. The Kier molecular flexibility index (Phi) is 4.44. The van der Waals surface area contributed by atoms with Gasteiger partial charge in [0.05, 0.1) is 10.0 Å². The number of fused-ring (bicyclic) bond motifs is 2. The Balaban J connectivity index is 1.57. The summed E-state index contributed by atoms with van der Waals surface area (Å²) in [5, 5.41) is 1.83. The molecule has 0 spiro atoms. The summed E-state index contributed by atoms with van der Waals surface area (Å²) in [6, 6.07) is 5.67. The number of halogens is 2. The number of pyridine rings is 1. The summed E-state index contributed by atoms with van der Waals surface area (Å²) in [5.41, 5.74) is 3.30. The molecule has 144 valence electrons. The van der Waals surface area contributed by atoms with Crippen molar-refractivity contribution < 1.29 is 9.53 Å². The van der Waals surface area contributed by atoms with Crippen LogP contribution in [0.4, 0.5) is 0 Å². The van der Waals surface area contributed by atoms with Gasteiger partial charge < -0.3 is 14.6 Å². The van der Waals surface area contributed by atoms with Crippen molar-refractivity contribution in [2.75, 3.05) is 13.1 Å². The maximum absolute atomic E-state index is 13.0. The Labute approximate surface area is 172 Å². The lowest BCUT2D eigenvalue weighted by atomic mass is 9.99. The van der Waals surface area contributed by atoms with E-state index < -0.39 is 6.10 Å². The number of nitrogens with one attached hydrogen (secondary N) is 1. The molecule has 4 heterocycles. The van der Waals surface area contributed by atoms with Gasteiger partial charge in [-0.25, -0.2) is 4.98 Å². The summed E-state index contributed by atoms with van der Waals surface area (Å²) in [6.45, 7) is 1.61. The first-order chi connectivity index (χ1) is 13.6. The number of aromatic amines is 1. The zero-order valence-corrected chi connectivity index (χ0v) is 16.7. The van der Waals surface area contributed by atoms with Crippen LogP contribution in [0.15, 0.2) is 30.6 Å². The number of piperidine rings is 1. The van der Waals surface area contributed by atoms with Crippen LogP contribution in [-0.4, -0.2) is 40.0 Å². The monoisotopic (exact) mass is 415 g/mol. The molecule has 5 rings (SSSR count). The number of hydrogen-bond donors (Lipinski definition) is 1. The largest absolute Gasteiger partial charge is 0.479 e. The third-order valence-corrected chi connectivity index (χ3v) is 6.37. The average molecular weight is 416 g/mol. The molecule has 1 atom stereocenters. The van der Waals surface area contributed by atoms with E-state index in [9.17, 15) is 4.79 Å². The topological polar surface area (TPSA) is 58.2 Å². The molecule has 2 aromatic heterocycles. The fourth-order valence-corrected chi connectivity index (χ4v) is 4.67. The first-order valence-electron chi connectivity index (χ1n) is 9.52. The summed E-state index contributed by atoms with van der Waals surface area (Å²) in [5.74, 6) is 0.703. The molecule has 0 bridgehead atoms. The van der Waals surface area contributed by atoms with E-state index in [-0.39, 0.29) is 5.91 Å². The number of hydrogen-bond acceptors (Lipinski definition) is 3. The highest BCUT2D eigenvalue weighted by Crippen LogP contribution is 2.48. The van der Waals surface area contributed by atoms with E-state index in [1.54, 1.807) is 6.20 Å². The molecular weight excluding hydrogens is 397 g/mol. The molecular formula is C21H19Cl2N3O2. The van der Waals surface area contributed by atoms with Gasteiger partial charge in [0.1, 0.15) is 11.4 Å². The molecule has 1 amide bonds.